The lowest BCUT2D eigenvalue weighted by Gasteiger charge is -2.36. The van der Waals surface area contributed by atoms with Crippen LogP contribution < -0.4 is 0 Å². The summed E-state index contributed by atoms with van der Waals surface area (Å²) >= 11 is 7.60. The van der Waals surface area contributed by atoms with E-state index in [9.17, 15) is 4.79 Å². The van der Waals surface area contributed by atoms with Gasteiger partial charge < -0.3 is 4.90 Å². The molecule has 25 heavy (non-hydrogen) atoms. The minimum Gasteiger partial charge on any atom is -0.341 e. The molecular formula is C19H24ClN3OS. The van der Waals surface area contributed by atoms with Gasteiger partial charge in [-0.25, -0.2) is 4.98 Å². The van der Waals surface area contributed by atoms with E-state index >= 15 is 0 Å². The van der Waals surface area contributed by atoms with Gasteiger partial charge in [0.25, 0.3) is 0 Å². The van der Waals surface area contributed by atoms with Crippen LogP contribution in [-0.2, 0) is 4.79 Å². The molecule has 1 fully saturated rings. The normalized spacial score (nSPS) is 22.0. The SMILES string of the molecule is CC1CC(C)CN(C(=O)C(C)Sc2nccn2-c2cccc(Cl)c2)C1. The zero-order valence-electron chi connectivity index (χ0n) is 14.9. The van der Waals surface area contributed by atoms with Gasteiger partial charge in [0.05, 0.1) is 5.25 Å². The molecule has 1 aromatic heterocycles. The molecule has 2 aromatic rings. The van der Waals surface area contributed by atoms with Crippen molar-refractivity contribution in [1.29, 1.82) is 0 Å². The van der Waals surface area contributed by atoms with E-state index in [1.54, 1.807) is 6.20 Å². The molecule has 3 unspecified atom stereocenters. The highest BCUT2D eigenvalue weighted by molar-refractivity contribution is 8.00. The molecule has 0 spiro atoms. The van der Waals surface area contributed by atoms with Gasteiger partial charge in [-0.2, -0.15) is 0 Å². The second-order valence-corrected chi connectivity index (χ2v) is 8.75. The number of likely N-dealkylation sites (tertiary alicyclic amines) is 1. The second kappa shape index (κ2) is 7.83. The Labute approximate surface area is 158 Å². The summed E-state index contributed by atoms with van der Waals surface area (Å²) in [5.41, 5.74) is 0.951. The summed E-state index contributed by atoms with van der Waals surface area (Å²) in [6.45, 7) is 8.13. The van der Waals surface area contributed by atoms with Crippen molar-refractivity contribution in [3.05, 3.63) is 41.7 Å². The van der Waals surface area contributed by atoms with Crippen LogP contribution in [0, 0.1) is 11.8 Å². The first-order valence-corrected chi connectivity index (χ1v) is 9.94. The standard InChI is InChI=1S/C19H24ClN3OS/c1-13-9-14(2)12-22(11-13)18(24)15(3)25-19-21-7-8-23(19)17-6-4-5-16(20)10-17/h4-8,10,13-15H,9,11-12H2,1-3H3. The summed E-state index contributed by atoms with van der Waals surface area (Å²) in [6.07, 6.45) is 4.85. The highest BCUT2D eigenvalue weighted by Crippen LogP contribution is 2.28. The number of aromatic nitrogens is 2. The third kappa shape index (κ3) is 4.39. The summed E-state index contributed by atoms with van der Waals surface area (Å²) < 4.78 is 1.97. The Morgan fingerprint density at radius 1 is 1.32 bits per heavy atom. The third-order valence-electron chi connectivity index (χ3n) is 4.50. The van der Waals surface area contributed by atoms with Crippen molar-refractivity contribution in [3.63, 3.8) is 0 Å². The molecule has 6 heteroatoms. The van der Waals surface area contributed by atoms with Crippen LogP contribution in [0.25, 0.3) is 5.69 Å². The quantitative estimate of drug-likeness (QED) is 0.735. The van der Waals surface area contributed by atoms with Crippen LogP contribution in [0.4, 0.5) is 0 Å². The van der Waals surface area contributed by atoms with E-state index < -0.39 is 0 Å². The lowest BCUT2D eigenvalue weighted by atomic mass is 9.92. The second-order valence-electron chi connectivity index (χ2n) is 7.01. The molecule has 1 aromatic carbocycles. The van der Waals surface area contributed by atoms with Crippen molar-refractivity contribution in [2.24, 2.45) is 11.8 Å². The van der Waals surface area contributed by atoms with Gasteiger partial charge in [0, 0.05) is 36.2 Å². The number of nitrogens with zero attached hydrogens (tertiary/aromatic N) is 3. The van der Waals surface area contributed by atoms with E-state index in [2.05, 4.69) is 18.8 Å². The summed E-state index contributed by atoms with van der Waals surface area (Å²) in [5.74, 6) is 1.33. The first-order valence-electron chi connectivity index (χ1n) is 8.68. The van der Waals surface area contributed by atoms with E-state index in [0.29, 0.717) is 16.9 Å². The summed E-state index contributed by atoms with van der Waals surface area (Å²) in [4.78, 5) is 19.3. The molecule has 1 amide bonds. The number of thioether (sulfide) groups is 1. The molecule has 0 N–H and O–H groups in total. The van der Waals surface area contributed by atoms with Crippen molar-refractivity contribution in [2.45, 2.75) is 37.6 Å². The summed E-state index contributed by atoms with van der Waals surface area (Å²) in [6, 6.07) is 7.64. The van der Waals surface area contributed by atoms with Gasteiger partial charge in [0.2, 0.25) is 5.91 Å². The molecule has 1 saturated heterocycles. The van der Waals surface area contributed by atoms with Crippen molar-refractivity contribution in [2.75, 3.05) is 13.1 Å². The molecular weight excluding hydrogens is 354 g/mol. The number of rotatable bonds is 4. The maximum atomic E-state index is 12.9. The van der Waals surface area contributed by atoms with Crippen molar-refractivity contribution < 1.29 is 4.79 Å². The highest BCUT2D eigenvalue weighted by Gasteiger charge is 2.29. The first-order chi connectivity index (χ1) is 11.9. The molecule has 1 aliphatic rings. The number of benzene rings is 1. The van der Waals surface area contributed by atoms with Crippen LogP contribution in [0.2, 0.25) is 5.02 Å². The van der Waals surface area contributed by atoms with Crippen LogP contribution in [0.1, 0.15) is 27.2 Å². The fourth-order valence-corrected chi connectivity index (χ4v) is 4.66. The van der Waals surface area contributed by atoms with E-state index in [1.807, 2.05) is 46.9 Å². The molecule has 0 bridgehead atoms. The molecule has 3 atom stereocenters. The average Bonchev–Trinajstić information content (AvgIpc) is 3.01. The molecule has 134 valence electrons. The predicted octanol–water partition coefficient (Wildman–Crippen LogP) is 4.51. The Bertz CT molecular complexity index is 738. The molecule has 2 heterocycles. The Balaban J connectivity index is 1.72. The smallest absolute Gasteiger partial charge is 0.235 e. The maximum absolute atomic E-state index is 12.9. The summed E-state index contributed by atoms with van der Waals surface area (Å²) in [5, 5.41) is 1.32. The number of imidazole rings is 1. The van der Waals surface area contributed by atoms with E-state index in [4.69, 9.17) is 11.6 Å². The van der Waals surface area contributed by atoms with Crippen molar-refractivity contribution in [3.8, 4) is 5.69 Å². The van der Waals surface area contributed by atoms with Crippen LogP contribution in [0.15, 0.2) is 41.8 Å². The Kier molecular flexibility index (Phi) is 5.74. The van der Waals surface area contributed by atoms with Gasteiger partial charge in [0.1, 0.15) is 0 Å². The number of hydrogen-bond donors (Lipinski definition) is 0. The van der Waals surface area contributed by atoms with E-state index in [1.165, 1.54) is 18.2 Å². The monoisotopic (exact) mass is 377 g/mol. The zero-order valence-corrected chi connectivity index (χ0v) is 16.4. The lowest BCUT2D eigenvalue weighted by molar-refractivity contribution is -0.132. The number of carbonyl (C=O) groups excluding carboxylic acids is 1. The topological polar surface area (TPSA) is 38.1 Å². The largest absolute Gasteiger partial charge is 0.341 e. The summed E-state index contributed by atoms with van der Waals surface area (Å²) in [7, 11) is 0. The van der Waals surface area contributed by atoms with Crippen LogP contribution in [0.5, 0.6) is 0 Å². The zero-order chi connectivity index (χ0) is 18.0. The van der Waals surface area contributed by atoms with Crippen LogP contribution in [-0.4, -0.2) is 38.7 Å². The number of halogens is 1. The van der Waals surface area contributed by atoms with Crippen LogP contribution in [0.3, 0.4) is 0 Å². The van der Waals surface area contributed by atoms with Crippen molar-refractivity contribution in [1.82, 2.24) is 14.5 Å². The van der Waals surface area contributed by atoms with Crippen molar-refractivity contribution >= 4 is 29.3 Å². The molecule has 3 rings (SSSR count). The number of carbonyl (C=O) groups is 1. The van der Waals surface area contributed by atoms with Gasteiger partial charge in [-0.05, 0) is 43.4 Å². The first kappa shape index (κ1) is 18.3. The highest BCUT2D eigenvalue weighted by atomic mass is 35.5. The minimum atomic E-state index is -0.169. The predicted molar refractivity (Wildman–Crippen MR) is 103 cm³/mol. The number of hydrogen-bond acceptors (Lipinski definition) is 3. The van der Waals surface area contributed by atoms with Crippen LogP contribution >= 0.6 is 23.4 Å². The third-order valence-corrected chi connectivity index (χ3v) is 5.81. The Hall–Kier alpha value is -1.46. The Morgan fingerprint density at radius 2 is 2.04 bits per heavy atom. The fraction of sp³-hybridized carbons (Fsp3) is 0.474. The van der Waals surface area contributed by atoms with Gasteiger partial charge in [-0.1, -0.05) is 43.3 Å². The van der Waals surface area contributed by atoms with Gasteiger partial charge in [-0.3, -0.25) is 9.36 Å². The Morgan fingerprint density at radius 3 is 2.72 bits per heavy atom. The number of amides is 1. The fourth-order valence-electron chi connectivity index (χ4n) is 3.51. The maximum Gasteiger partial charge on any atom is 0.235 e. The lowest BCUT2D eigenvalue weighted by Crippen LogP contribution is -2.45. The molecule has 4 nitrogen and oxygen atoms in total. The van der Waals surface area contributed by atoms with E-state index in [-0.39, 0.29) is 11.2 Å². The van der Waals surface area contributed by atoms with Gasteiger partial charge in [-0.15, -0.1) is 0 Å². The number of piperidine rings is 1. The van der Waals surface area contributed by atoms with E-state index in [0.717, 1.165) is 23.9 Å². The van der Waals surface area contributed by atoms with Gasteiger partial charge in [0.15, 0.2) is 5.16 Å². The van der Waals surface area contributed by atoms with Gasteiger partial charge >= 0.3 is 0 Å². The molecule has 0 radical (unpaired) electrons. The molecule has 0 saturated carbocycles. The minimum absolute atomic E-state index is 0.169. The molecule has 0 aliphatic carbocycles. The average molecular weight is 378 g/mol. The molecule has 1 aliphatic heterocycles.